The fourth-order valence-corrected chi connectivity index (χ4v) is 6.28. The van der Waals surface area contributed by atoms with Crippen molar-refractivity contribution in [1.82, 2.24) is 0 Å². The van der Waals surface area contributed by atoms with Crippen LogP contribution < -0.4 is 20.1 Å². The van der Waals surface area contributed by atoms with Gasteiger partial charge in [0.1, 0.15) is 18.1 Å². The molecular formula is C39H31ClN2O4. The fourth-order valence-electron chi connectivity index (χ4n) is 6.16. The molecule has 0 saturated carbocycles. The average molecular weight is 627 g/mol. The van der Waals surface area contributed by atoms with Crippen LogP contribution in [0.3, 0.4) is 0 Å². The molecule has 0 saturated heterocycles. The first kappa shape index (κ1) is 29.4. The maximum atomic E-state index is 14.2. The Labute approximate surface area is 272 Å². The lowest BCUT2D eigenvalue weighted by atomic mass is 9.78. The predicted octanol–water partition coefficient (Wildman–Crippen LogP) is 9.12. The molecule has 0 radical (unpaired) electrons. The summed E-state index contributed by atoms with van der Waals surface area (Å²) in [6.07, 6.45) is 0.969. The molecule has 0 amide bonds. The van der Waals surface area contributed by atoms with Crippen LogP contribution in [-0.2, 0) is 11.4 Å². The Balaban J connectivity index is 1.20. The first-order valence-electron chi connectivity index (χ1n) is 15.2. The van der Waals surface area contributed by atoms with Crippen LogP contribution in [0.15, 0.2) is 139 Å². The second-order valence-corrected chi connectivity index (χ2v) is 11.9. The zero-order chi connectivity index (χ0) is 31.5. The lowest BCUT2D eigenvalue weighted by molar-refractivity contribution is -0.116. The van der Waals surface area contributed by atoms with Crippen molar-refractivity contribution in [2.24, 2.45) is 0 Å². The largest absolute Gasteiger partial charge is 0.489 e. The van der Waals surface area contributed by atoms with Crippen molar-refractivity contribution in [3.8, 4) is 11.5 Å². The molecule has 6 nitrogen and oxygen atoms in total. The summed E-state index contributed by atoms with van der Waals surface area (Å²) < 4.78 is 12.0. The van der Waals surface area contributed by atoms with Crippen molar-refractivity contribution >= 4 is 34.7 Å². The number of ketones is 1. The highest BCUT2D eigenvalue weighted by Gasteiger charge is 2.37. The number of Topliss-reactive ketones (excluding diaryl/α,β-unsaturated/α-hetero) is 1. The second kappa shape index (κ2) is 13.0. The first-order valence-corrected chi connectivity index (χ1v) is 15.6. The molecule has 5 aromatic carbocycles. The number of para-hydroxylation sites is 3. The standard InChI is InChI=1S/C39H31ClN2O4/c40-29-19-17-26(18-20-29)39(44)46-30-12-8-11-27(21-30)38-37-34(41-32-14-5-6-15-33(32)42-38)22-28(23-35(37)43)31-13-4-7-16-36(31)45-24-25-9-2-1-3-10-25/h1-21,28,38,41-42H,22-24H2/t28-,38+/m1/s1. The van der Waals surface area contributed by atoms with E-state index < -0.39 is 12.0 Å². The molecule has 0 spiro atoms. The number of halogens is 1. The van der Waals surface area contributed by atoms with Gasteiger partial charge in [0.25, 0.3) is 0 Å². The minimum Gasteiger partial charge on any atom is -0.489 e. The van der Waals surface area contributed by atoms with E-state index >= 15 is 0 Å². The number of nitrogens with one attached hydrogen (secondary N) is 2. The Hall–Kier alpha value is -5.33. The maximum Gasteiger partial charge on any atom is 0.343 e. The molecule has 228 valence electrons. The average Bonchev–Trinajstić information content (AvgIpc) is 3.25. The van der Waals surface area contributed by atoms with Gasteiger partial charge in [-0.15, -0.1) is 0 Å². The highest BCUT2D eigenvalue weighted by molar-refractivity contribution is 6.30. The van der Waals surface area contributed by atoms with E-state index in [2.05, 4.69) is 16.7 Å². The highest BCUT2D eigenvalue weighted by Crippen LogP contribution is 2.46. The van der Waals surface area contributed by atoms with Gasteiger partial charge in [-0.25, -0.2) is 4.79 Å². The third kappa shape index (κ3) is 6.25. The maximum absolute atomic E-state index is 14.2. The number of hydrogen-bond donors (Lipinski definition) is 2. The van der Waals surface area contributed by atoms with Gasteiger partial charge >= 0.3 is 5.97 Å². The summed E-state index contributed by atoms with van der Waals surface area (Å²) in [5.74, 6) is 0.665. The molecule has 5 aromatic rings. The van der Waals surface area contributed by atoms with Crippen LogP contribution in [0.2, 0.25) is 5.02 Å². The van der Waals surface area contributed by atoms with E-state index in [1.165, 1.54) is 0 Å². The van der Waals surface area contributed by atoms with E-state index in [0.29, 0.717) is 41.4 Å². The molecule has 2 aliphatic rings. The zero-order valence-corrected chi connectivity index (χ0v) is 25.7. The van der Waals surface area contributed by atoms with Gasteiger partial charge in [-0.1, -0.05) is 84.4 Å². The molecule has 1 aliphatic heterocycles. The molecule has 0 fully saturated rings. The Morgan fingerprint density at radius 1 is 0.783 bits per heavy atom. The van der Waals surface area contributed by atoms with Crippen molar-refractivity contribution < 1.29 is 19.1 Å². The Bertz CT molecular complexity index is 1940. The third-order valence-corrected chi connectivity index (χ3v) is 8.64. The summed E-state index contributed by atoms with van der Waals surface area (Å²) >= 11 is 5.99. The van der Waals surface area contributed by atoms with Crippen LogP contribution in [0.1, 0.15) is 51.8 Å². The van der Waals surface area contributed by atoms with Crippen LogP contribution >= 0.6 is 11.6 Å². The lowest BCUT2D eigenvalue weighted by Crippen LogP contribution is -2.27. The van der Waals surface area contributed by atoms with Gasteiger partial charge in [0.05, 0.1) is 23.0 Å². The van der Waals surface area contributed by atoms with Gasteiger partial charge in [-0.3, -0.25) is 4.79 Å². The number of rotatable bonds is 7. The van der Waals surface area contributed by atoms with Crippen LogP contribution in [0.25, 0.3) is 0 Å². The Morgan fingerprint density at radius 3 is 2.35 bits per heavy atom. The Morgan fingerprint density at radius 2 is 1.52 bits per heavy atom. The summed E-state index contributed by atoms with van der Waals surface area (Å²) in [7, 11) is 0. The van der Waals surface area contributed by atoms with E-state index in [9.17, 15) is 9.59 Å². The monoisotopic (exact) mass is 626 g/mol. The van der Waals surface area contributed by atoms with Crippen molar-refractivity contribution in [1.29, 1.82) is 0 Å². The highest BCUT2D eigenvalue weighted by atomic mass is 35.5. The van der Waals surface area contributed by atoms with Gasteiger partial charge in [-0.2, -0.15) is 0 Å². The number of carbonyl (C=O) groups is 2. The topological polar surface area (TPSA) is 76.7 Å². The number of carbonyl (C=O) groups excluding carboxylic acids is 2. The number of esters is 1. The molecule has 7 heteroatoms. The van der Waals surface area contributed by atoms with Crippen molar-refractivity contribution in [3.05, 3.63) is 166 Å². The molecule has 0 aromatic heterocycles. The molecule has 7 rings (SSSR count). The number of anilines is 2. The summed E-state index contributed by atoms with van der Waals surface area (Å²) in [6, 6.07) is 39.4. The van der Waals surface area contributed by atoms with Crippen molar-refractivity contribution in [2.45, 2.75) is 31.4 Å². The van der Waals surface area contributed by atoms with Crippen molar-refractivity contribution in [2.75, 3.05) is 10.6 Å². The molecule has 0 bridgehead atoms. The summed E-state index contributed by atoms with van der Waals surface area (Å²) in [6.45, 7) is 0.447. The van der Waals surface area contributed by atoms with Crippen LogP contribution in [0.5, 0.6) is 11.5 Å². The molecule has 1 heterocycles. The normalized spacial score (nSPS) is 17.1. The van der Waals surface area contributed by atoms with Crippen LogP contribution in [-0.4, -0.2) is 11.8 Å². The first-order chi connectivity index (χ1) is 22.5. The van der Waals surface area contributed by atoms with E-state index in [-0.39, 0.29) is 11.7 Å². The zero-order valence-electron chi connectivity index (χ0n) is 24.9. The smallest absolute Gasteiger partial charge is 0.343 e. The van der Waals surface area contributed by atoms with E-state index in [1.54, 1.807) is 30.3 Å². The fraction of sp³-hybridized carbons (Fsp3) is 0.128. The summed E-state index contributed by atoms with van der Waals surface area (Å²) in [4.78, 5) is 27.1. The van der Waals surface area contributed by atoms with Gasteiger partial charge in [0.2, 0.25) is 0 Å². The van der Waals surface area contributed by atoms with E-state index in [1.807, 2.05) is 91.0 Å². The third-order valence-electron chi connectivity index (χ3n) is 8.39. The number of hydrogen-bond acceptors (Lipinski definition) is 6. The number of allylic oxidation sites excluding steroid dienone is 1. The Kier molecular flexibility index (Phi) is 8.28. The lowest BCUT2D eigenvalue weighted by Gasteiger charge is -2.30. The molecule has 1 aliphatic carbocycles. The summed E-state index contributed by atoms with van der Waals surface area (Å²) in [5, 5.41) is 7.75. The second-order valence-electron chi connectivity index (χ2n) is 11.4. The van der Waals surface area contributed by atoms with Crippen LogP contribution in [0.4, 0.5) is 11.4 Å². The number of benzene rings is 5. The minimum absolute atomic E-state index is 0.0467. The van der Waals surface area contributed by atoms with Gasteiger partial charge in [-0.05, 0) is 77.7 Å². The SMILES string of the molecule is O=C1C[C@H](c2ccccc2OCc2ccccc2)CC2=C1[C@H](c1cccc(OC(=O)c3ccc(Cl)cc3)c1)Nc1ccccc1N2. The molecular weight excluding hydrogens is 596 g/mol. The predicted molar refractivity (Wildman–Crippen MR) is 181 cm³/mol. The molecule has 0 unspecified atom stereocenters. The van der Waals surface area contributed by atoms with Gasteiger partial charge in [0.15, 0.2) is 5.78 Å². The van der Waals surface area contributed by atoms with Gasteiger partial charge < -0.3 is 20.1 Å². The summed E-state index contributed by atoms with van der Waals surface area (Å²) in [5.41, 5.74) is 6.61. The quantitative estimate of drug-likeness (QED) is 0.139. The van der Waals surface area contributed by atoms with E-state index in [4.69, 9.17) is 21.1 Å². The van der Waals surface area contributed by atoms with Gasteiger partial charge in [0, 0.05) is 28.6 Å². The van der Waals surface area contributed by atoms with E-state index in [0.717, 1.165) is 39.5 Å². The molecule has 2 N–H and O–H groups in total. The number of ether oxygens (including phenoxy) is 2. The molecule has 46 heavy (non-hydrogen) atoms. The van der Waals surface area contributed by atoms with Crippen LogP contribution in [0, 0.1) is 0 Å². The van der Waals surface area contributed by atoms with Crippen molar-refractivity contribution in [3.63, 3.8) is 0 Å². The molecule has 2 atom stereocenters. The minimum atomic E-state index is -0.487. The number of fused-ring (bicyclic) bond motifs is 1.